The Morgan fingerprint density at radius 3 is 2.79 bits per heavy atom. The molecular formula is C9H10N2O3. The van der Waals surface area contributed by atoms with E-state index in [1.165, 1.54) is 13.2 Å². The fourth-order valence-corrected chi connectivity index (χ4v) is 1.31. The Kier molecular flexibility index (Phi) is 3.31. The average molecular weight is 194 g/mol. The van der Waals surface area contributed by atoms with Gasteiger partial charge in [-0.25, -0.2) is 4.79 Å². The number of carbonyl (C=O) groups excluding carboxylic acids is 2. The molecule has 1 rings (SSSR count). The van der Waals surface area contributed by atoms with Crippen LogP contribution in [0.3, 0.4) is 0 Å². The lowest BCUT2D eigenvalue weighted by Gasteiger charge is -2.06. The molecule has 0 aliphatic heterocycles. The third-order valence-electron chi connectivity index (χ3n) is 1.99. The van der Waals surface area contributed by atoms with E-state index in [1.807, 2.05) is 0 Å². The van der Waals surface area contributed by atoms with Crippen molar-refractivity contribution in [2.75, 3.05) is 7.11 Å². The van der Waals surface area contributed by atoms with E-state index in [9.17, 15) is 9.59 Å². The van der Waals surface area contributed by atoms with Gasteiger partial charge in [-0.15, -0.1) is 0 Å². The lowest BCUT2D eigenvalue weighted by molar-refractivity contribution is -0.137. The molecule has 74 valence electrons. The van der Waals surface area contributed by atoms with Crippen molar-refractivity contribution in [1.29, 1.82) is 0 Å². The molecule has 0 aromatic carbocycles. The van der Waals surface area contributed by atoms with E-state index in [0.717, 1.165) is 0 Å². The maximum Gasteiger partial charge on any atom is 0.421 e. The number of hydrogen-bond acceptors (Lipinski definition) is 3. The zero-order valence-electron chi connectivity index (χ0n) is 7.82. The molecule has 0 aromatic rings. The lowest BCUT2D eigenvalue weighted by Crippen LogP contribution is -2.22. The van der Waals surface area contributed by atoms with E-state index in [1.54, 1.807) is 0 Å². The summed E-state index contributed by atoms with van der Waals surface area (Å²) in [5, 5.41) is 0. The Morgan fingerprint density at radius 2 is 2.29 bits per heavy atom. The standard InChI is InChI=1S/C9H10N2O3/c1-14-9(13)8(11-10)6-3-2-4-7(12)5-6/h5H,2-4H2,1H3. The Morgan fingerprint density at radius 1 is 1.57 bits per heavy atom. The predicted octanol–water partition coefficient (Wildman–Crippen LogP) is 0.510. The molecule has 0 heterocycles. The van der Waals surface area contributed by atoms with Crippen LogP contribution in [0.5, 0.6) is 0 Å². The Labute approximate surface area is 81.0 Å². The van der Waals surface area contributed by atoms with Gasteiger partial charge in [0.15, 0.2) is 5.78 Å². The summed E-state index contributed by atoms with van der Waals surface area (Å²) < 4.78 is 4.41. The van der Waals surface area contributed by atoms with Crippen LogP contribution in [-0.4, -0.2) is 29.4 Å². The van der Waals surface area contributed by atoms with E-state index in [0.29, 0.717) is 24.8 Å². The summed E-state index contributed by atoms with van der Waals surface area (Å²) in [6, 6.07) is 0. The van der Waals surface area contributed by atoms with Crippen LogP contribution in [0.25, 0.3) is 5.53 Å². The van der Waals surface area contributed by atoms with Crippen LogP contribution in [0.1, 0.15) is 19.3 Å². The van der Waals surface area contributed by atoms with Crippen LogP contribution in [-0.2, 0) is 14.3 Å². The normalized spacial score (nSPS) is 15.5. The Balaban J connectivity index is 2.96. The SMILES string of the molecule is COC(=O)C(=[N+]=[N-])C1=CC(=O)CCC1. The van der Waals surface area contributed by atoms with Gasteiger partial charge in [0, 0.05) is 6.42 Å². The molecule has 5 heteroatoms. The van der Waals surface area contributed by atoms with Gasteiger partial charge < -0.3 is 10.3 Å². The minimum atomic E-state index is -0.728. The van der Waals surface area contributed by atoms with Crippen LogP contribution in [0, 0.1) is 0 Å². The average Bonchev–Trinajstić information content (AvgIpc) is 2.19. The van der Waals surface area contributed by atoms with Gasteiger partial charge in [0.2, 0.25) is 0 Å². The molecule has 0 bridgehead atoms. The number of rotatable bonds is 2. The van der Waals surface area contributed by atoms with Crippen LogP contribution in [0.4, 0.5) is 0 Å². The number of esters is 1. The van der Waals surface area contributed by atoms with Crippen molar-refractivity contribution in [3.8, 4) is 0 Å². The number of ketones is 1. The van der Waals surface area contributed by atoms with Gasteiger partial charge in [0.25, 0.3) is 0 Å². The number of nitrogens with zero attached hydrogens (tertiary/aromatic N) is 2. The van der Waals surface area contributed by atoms with E-state index in [2.05, 4.69) is 9.53 Å². The molecule has 0 spiro atoms. The van der Waals surface area contributed by atoms with E-state index >= 15 is 0 Å². The van der Waals surface area contributed by atoms with Crippen LogP contribution in [0.2, 0.25) is 0 Å². The molecule has 5 nitrogen and oxygen atoms in total. The first kappa shape index (κ1) is 10.3. The van der Waals surface area contributed by atoms with E-state index in [-0.39, 0.29) is 11.5 Å². The van der Waals surface area contributed by atoms with Crippen molar-refractivity contribution >= 4 is 17.5 Å². The van der Waals surface area contributed by atoms with Gasteiger partial charge >= 0.3 is 11.7 Å². The number of carbonyl (C=O) groups is 2. The van der Waals surface area contributed by atoms with Crippen molar-refractivity contribution in [2.45, 2.75) is 19.3 Å². The summed E-state index contributed by atoms with van der Waals surface area (Å²) in [5.41, 5.74) is 8.86. The molecule has 0 aromatic heterocycles. The first-order valence-electron chi connectivity index (χ1n) is 4.23. The van der Waals surface area contributed by atoms with Gasteiger partial charge in [0.1, 0.15) is 0 Å². The molecule has 0 N–H and O–H groups in total. The zero-order valence-corrected chi connectivity index (χ0v) is 7.82. The summed E-state index contributed by atoms with van der Waals surface area (Å²) in [4.78, 5) is 25.0. The van der Waals surface area contributed by atoms with Crippen molar-refractivity contribution in [1.82, 2.24) is 0 Å². The van der Waals surface area contributed by atoms with Crippen LogP contribution < -0.4 is 0 Å². The smallest absolute Gasteiger partial charge is 0.421 e. The van der Waals surface area contributed by atoms with Gasteiger partial charge in [-0.05, 0) is 18.9 Å². The van der Waals surface area contributed by atoms with Crippen molar-refractivity contribution < 1.29 is 19.1 Å². The highest BCUT2D eigenvalue weighted by molar-refractivity contribution is 6.41. The number of methoxy groups -OCH3 is 1. The highest BCUT2D eigenvalue weighted by Gasteiger charge is 2.28. The minimum absolute atomic E-state index is 0.0590. The molecule has 1 aliphatic carbocycles. The van der Waals surface area contributed by atoms with Crippen LogP contribution >= 0.6 is 0 Å². The molecule has 1 aliphatic rings. The molecule has 0 saturated heterocycles. The lowest BCUT2D eigenvalue weighted by atomic mass is 9.95. The third kappa shape index (κ3) is 2.14. The second kappa shape index (κ2) is 4.48. The molecule has 0 atom stereocenters. The molecule has 0 unspecified atom stereocenters. The highest BCUT2D eigenvalue weighted by Crippen LogP contribution is 2.16. The molecule has 0 amide bonds. The van der Waals surface area contributed by atoms with Crippen LogP contribution in [0.15, 0.2) is 11.6 Å². The summed E-state index contributed by atoms with van der Waals surface area (Å²) in [5.74, 6) is -0.787. The monoisotopic (exact) mass is 194 g/mol. The molecule has 14 heavy (non-hydrogen) atoms. The maximum absolute atomic E-state index is 11.1. The first-order valence-corrected chi connectivity index (χ1v) is 4.23. The van der Waals surface area contributed by atoms with Gasteiger partial charge in [-0.3, -0.25) is 4.79 Å². The van der Waals surface area contributed by atoms with Crippen molar-refractivity contribution in [3.05, 3.63) is 17.2 Å². The largest absolute Gasteiger partial charge is 0.460 e. The van der Waals surface area contributed by atoms with Gasteiger partial charge in [-0.1, -0.05) is 0 Å². The summed E-state index contributed by atoms with van der Waals surface area (Å²) in [6.07, 6.45) is 3.03. The number of allylic oxidation sites excluding steroid dienone is 1. The molecular weight excluding hydrogens is 184 g/mol. The Hall–Kier alpha value is -1.74. The minimum Gasteiger partial charge on any atom is -0.460 e. The zero-order chi connectivity index (χ0) is 10.6. The van der Waals surface area contributed by atoms with E-state index < -0.39 is 5.97 Å². The quantitative estimate of drug-likeness (QED) is 0.278. The number of ether oxygens (including phenoxy) is 1. The van der Waals surface area contributed by atoms with Crippen molar-refractivity contribution in [2.24, 2.45) is 0 Å². The fraction of sp³-hybridized carbons (Fsp3) is 0.444. The van der Waals surface area contributed by atoms with Gasteiger partial charge in [-0.2, -0.15) is 4.79 Å². The number of hydrogen-bond donors (Lipinski definition) is 0. The fourth-order valence-electron chi connectivity index (χ4n) is 1.31. The highest BCUT2D eigenvalue weighted by atomic mass is 16.5. The molecule has 0 radical (unpaired) electrons. The summed E-state index contributed by atoms with van der Waals surface area (Å²) in [6.45, 7) is 0. The molecule has 0 fully saturated rings. The first-order chi connectivity index (χ1) is 6.69. The second-order valence-electron chi connectivity index (χ2n) is 2.93. The van der Waals surface area contributed by atoms with Crippen molar-refractivity contribution in [3.63, 3.8) is 0 Å². The van der Waals surface area contributed by atoms with Gasteiger partial charge in [0.05, 0.1) is 12.7 Å². The Bertz CT molecular complexity index is 351. The second-order valence-corrected chi connectivity index (χ2v) is 2.93. The summed E-state index contributed by atoms with van der Waals surface area (Å²) >= 11 is 0. The topological polar surface area (TPSA) is 79.8 Å². The summed E-state index contributed by atoms with van der Waals surface area (Å²) in [7, 11) is 1.19. The van der Waals surface area contributed by atoms with E-state index in [4.69, 9.17) is 5.53 Å². The predicted molar refractivity (Wildman–Crippen MR) is 47.6 cm³/mol. The maximum atomic E-state index is 11.1. The molecule has 0 saturated carbocycles. The third-order valence-corrected chi connectivity index (χ3v) is 1.99.